The van der Waals surface area contributed by atoms with Crippen molar-refractivity contribution < 1.29 is 8.42 Å². The van der Waals surface area contributed by atoms with Crippen LogP contribution in [0.25, 0.3) is 33.2 Å². The number of aromatic amines is 1. The van der Waals surface area contributed by atoms with Crippen molar-refractivity contribution in [3.63, 3.8) is 0 Å². The van der Waals surface area contributed by atoms with Crippen molar-refractivity contribution in [1.82, 2.24) is 30.6 Å². The topological polar surface area (TPSA) is 114 Å². The smallest absolute Gasteiger partial charge is 0.206 e. The van der Waals surface area contributed by atoms with Crippen LogP contribution in [0, 0.1) is 0 Å². The Morgan fingerprint density at radius 1 is 1.12 bits per heavy atom. The molecule has 3 aromatic heterocycles. The van der Waals surface area contributed by atoms with Crippen LogP contribution in [0.3, 0.4) is 0 Å². The van der Waals surface area contributed by atoms with Crippen LogP contribution in [0.4, 0.5) is 0 Å². The summed E-state index contributed by atoms with van der Waals surface area (Å²) < 4.78 is 24.5. The molecule has 4 aromatic rings. The molecule has 0 atom stereocenters. The van der Waals surface area contributed by atoms with Crippen molar-refractivity contribution in [2.45, 2.75) is 4.90 Å². The van der Waals surface area contributed by atoms with E-state index in [9.17, 15) is 8.42 Å². The fraction of sp³-hybridized carbons (Fsp3) is 0.0625. The summed E-state index contributed by atoms with van der Waals surface area (Å²) in [6.07, 6.45) is 4.55. The maximum Gasteiger partial charge on any atom is 0.206 e. The second kappa shape index (κ2) is 6.39. The average Bonchev–Trinajstić information content (AvgIpc) is 3.33. The van der Waals surface area contributed by atoms with Crippen LogP contribution < -0.4 is 0 Å². The van der Waals surface area contributed by atoms with Gasteiger partial charge in [-0.3, -0.25) is 4.98 Å². The van der Waals surface area contributed by atoms with Crippen molar-refractivity contribution >= 4 is 21.2 Å². The van der Waals surface area contributed by atoms with Gasteiger partial charge in [0.25, 0.3) is 0 Å². The molecule has 0 saturated heterocycles. The lowest BCUT2D eigenvalue weighted by Gasteiger charge is -2.09. The number of tetrazole rings is 1. The molecule has 0 unspecified atom stereocenters. The highest BCUT2D eigenvalue weighted by atomic mass is 32.2. The van der Waals surface area contributed by atoms with E-state index in [2.05, 4.69) is 30.6 Å². The molecule has 0 fully saturated rings. The van der Waals surface area contributed by atoms with E-state index in [0.717, 1.165) is 17.5 Å². The lowest BCUT2D eigenvalue weighted by Crippen LogP contribution is -2.02. The minimum Gasteiger partial charge on any atom is -0.265 e. The summed E-state index contributed by atoms with van der Waals surface area (Å²) in [6.45, 7) is 0. The van der Waals surface area contributed by atoms with Crippen LogP contribution in [-0.2, 0) is 9.84 Å². The second-order valence-electron chi connectivity index (χ2n) is 5.46. The van der Waals surface area contributed by atoms with Crippen LogP contribution in [0.2, 0.25) is 0 Å². The molecular formula is C16H12N6O2S2. The van der Waals surface area contributed by atoms with Crippen molar-refractivity contribution in [1.29, 1.82) is 0 Å². The number of H-pyrrole nitrogens is 1. The van der Waals surface area contributed by atoms with E-state index in [1.165, 1.54) is 17.4 Å². The molecule has 0 radical (unpaired) electrons. The molecule has 0 saturated carbocycles. The number of rotatable bonds is 4. The van der Waals surface area contributed by atoms with E-state index in [1.807, 2.05) is 17.5 Å². The van der Waals surface area contributed by atoms with Crippen LogP contribution in [0.5, 0.6) is 0 Å². The van der Waals surface area contributed by atoms with Crippen molar-refractivity contribution in [2.24, 2.45) is 0 Å². The highest BCUT2D eigenvalue weighted by molar-refractivity contribution is 7.90. The fourth-order valence-corrected chi connectivity index (χ4v) is 4.33. The second-order valence-corrected chi connectivity index (χ2v) is 8.30. The largest absolute Gasteiger partial charge is 0.265 e. The summed E-state index contributed by atoms with van der Waals surface area (Å²) in [7, 11) is -3.49. The normalized spacial score (nSPS) is 11.6. The van der Waals surface area contributed by atoms with E-state index in [0.29, 0.717) is 16.1 Å². The standard InChI is InChI=1S/C16H12N6O2S2/c1-26(23,24)13-4-2-3-11(14(13)15-19-21-22-20-15)16-18-12(9-25-16)10-5-7-17-8-6-10/h2-9H,1H3,(H,19,20,21,22). The van der Waals surface area contributed by atoms with Crippen LogP contribution in [-0.4, -0.2) is 45.3 Å². The molecule has 4 rings (SSSR count). The van der Waals surface area contributed by atoms with Crippen LogP contribution in [0.15, 0.2) is 53.0 Å². The van der Waals surface area contributed by atoms with Gasteiger partial charge < -0.3 is 0 Å². The van der Waals surface area contributed by atoms with Gasteiger partial charge in [-0.15, -0.1) is 21.5 Å². The van der Waals surface area contributed by atoms with E-state index in [1.54, 1.807) is 24.5 Å². The first-order valence-corrected chi connectivity index (χ1v) is 10.2. The molecule has 8 nitrogen and oxygen atoms in total. The van der Waals surface area contributed by atoms with Gasteiger partial charge in [-0.1, -0.05) is 12.1 Å². The van der Waals surface area contributed by atoms with Gasteiger partial charge in [0.15, 0.2) is 9.84 Å². The van der Waals surface area contributed by atoms with Crippen LogP contribution in [0.1, 0.15) is 0 Å². The third-order valence-corrected chi connectivity index (χ3v) is 5.72. The summed E-state index contributed by atoms with van der Waals surface area (Å²) in [6, 6.07) is 8.75. The van der Waals surface area contributed by atoms with Crippen molar-refractivity contribution in [2.75, 3.05) is 6.26 Å². The number of hydrogen-bond donors (Lipinski definition) is 1. The lowest BCUT2D eigenvalue weighted by atomic mass is 10.1. The number of aromatic nitrogens is 6. The van der Waals surface area contributed by atoms with Gasteiger partial charge in [-0.25, -0.2) is 13.4 Å². The minimum absolute atomic E-state index is 0.136. The average molecular weight is 384 g/mol. The molecule has 26 heavy (non-hydrogen) atoms. The number of hydrogen-bond acceptors (Lipinski definition) is 8. The van der Waals surface area contributed by atoms with Gasteiger partial charge in [-0.05, 0) is 23.4 Å². The molecule has 10 heteroatoms. The highest BCUT2D eigenvalue weighted by Crippen LogP contribution is 2.37. The molecule has 0 amide bonds. The van der Waals surface area contributed by atoms with E-state index >= 15 is 0 Å². The Labute approximate surface area is 152 Å². The number of benzene rings is 1. The number of nitrogens with one attached hydrogen (secondary N) is 1. The van der Waals surface area contributed by atoms with E-state index in [4.69, 9.17) is 0 Å². The van der Waals surface area contributed by atoms with E-state index in [-0.39, 0.29) is 10.7 Å². The first-order valence-electron chi connectivity index (χ1n) is 7.47. The summed E-state index contributed by atoms with van der Waals surface area (Å²) in [5, 5.41) is 16.4. The summed E-state index contributed by atoms with van der Waals surface area (Å²) in [4.78, 5) is 8.79. The zero-order valence-electron chi connectivity index (χ0n) is 13.5. The quantitative estimate of drug-likeness (QED) is 0.575. The molecule has 0 bridgehead atoms. The minimum atomic E-state index is -3.49. The maximum absolute atomic E-state index is 12.2. The SMILES string of the molecule is CS(=O)(=O)c1cccc(-c2nc(-c3ccncc3)cs2)c1-c1nn[nH]n1. The number of pyridine rings is 1. The molecule has 3 heterocycles. The Morgan fingerprint density at radius 3 is 2.62 bits per heavy atom. The number of nitrogens with zero attached hydrogens (tertiary/aromatic N) is 5. The molecule has 130 valence electrons. The summed E-state index contributed by atoms with van der Waals surface area (Å²) >= 11 is 1.42. The molecule has 0 aliphatic carbocycles. The van der Waals surface area contributed by atoms with E-state index < -0.39 is 9.84 Å². The van der Waals surface area contributed by atoms with Crippen molar-refractivity contribution in [3.8, 4) is 33.2 Å². The van der Waals surface area contributed by atoms with Crippen LogP contribution >= 0.6 is 11.3 Å². The Balaban J connectivity index is 1.92. The first kappa shape index (κ1) is 16.5. The van der Waals surface area contributed by atoms with Gasteiger partial charge in [0.1, 0.15) is 5.01 Å². The highest BCUT2D eigenvalue weighted by Gasteiger charge is 2.23. The Hall–Kier alpha value is -2.98. The summed E-state index contributed by atoms with van der Waals surface area (Å²) in [5.74, 6) is 0.210. The lowest BCUT2D eigenvalue weighted by molar-refractivity contribution is 0.602. The fourth-order valence-electron chi connectivity index (χ4n) is 2.57. The maximum atomic E-state index is 12.2. The van der Waals surface area contributed by atoms with Gasteiger partial charge in [0, 0.05) is 35.2 Å². The number of sulfone groups is 1. The van der Waals surface area contributed by atoms with Gasteiger partial charge >= 0.3 is 0 Å². The van der Waals surface area contributed by atoms with Gasteiger partial charge in [0.05, 0.1) is 16.2 Å². The zero-order valence-corrected chi connectivity index (χ0v) is 15.1. The monoisotopic (exact) mass is 384 g/mol. The number of thiazole rings is 1. The molecular weight excluding hydrogens is 372 g/mol. The molecule has 0 aliphatic rings. The first-order chi connectivity index (χ1) is 12.5. The predicted octanol–water partition coefficient (Wildman–Crippen LogP) is 2.46. The summed E-state index contributed by atoms with van der Waals surface area (Å²) in [5.41, 5.74) is 2.75. The molecule has 0 aliphatic heterocycles. The molecule has 0 spiro atoms. The molecule has 1 N–H and O–H groups in total. The third kappa shape index (κ3) is 3.00. The van der Waals surface area contributed by atoms with Crippen molar-refractivity contribution in [3.05, 3.63) is 48.1 Å². The Kier molecular flexibility index (Phi) is 4.05. The zero-order chi connectivity index (χ0) is 18.1. The van der Waals surface area contributed by atoms with Gasteiger partial charge in [-0.2, -0.15) is 5.21 Å². The Morgan fingerprint density at radius 2 is 1.92 bits per heavy atom. The predicted molar refractivity (Wildman–Crippen MR) is 97.1 cm³/mol. The Bertz CT molecular complexity index is 1150. The van der Waals surface area contributed by atoms with Gasteiger partial charge in [0.2, 0.25) is 5.82 Å². The molecule has 1 aromatic carbocycles. The third-order valence-electron chi connectivity index (χ3n) is 3.71.